The van der Waals surface area contributed by atoms with Gasteiger partial charge in [0.25, 0.3) is 5.91 Å². The number of para-hydroxylation sites is 1. The smallest absolute Gasteiger partial charge is 0.265 e. The van der Waals surface area contributed by atoms with E-state index in [1.165, 1.54) is 46.8 Å². The van der Waals surface area contributed by atoms with Crippen molar-refractivity contribution in [3.8, 4) is 5.75 Å². The van der Waals surface area contributed by atoms with Gasteiger partial charge >= 0.3 is 0 Å². The Hall–Kier alpha value is -2.49. The molecule has 29 heavy (non-hydrogen) atoms. The molecule has 0 unspecified atom stereocenters. The van der Waals surface area contributed by atoms with E-state index in [4.69, 9.17) is 9.47 Å². The average Bonchev–Trinajstić information content (AvgIpc) is 2.74. The number of carbonyl (C=O) groups excluding carboxylic acids is 1. The van der Waals surface area contributed by atoms with Crippen molar-refractivity contribution in [2.45, 2.75) is 24.3 Å². The van der Waals surface area contributed by atoms with E-state index < -0.39 is 27.9 Å². The standard InChI is InChI=1S/C20H23FN2O5S/c1-2-18(28-19-6-4-3-5-17(19)21)20(24)22-15-7-9-16(10-8-15)29(25,26)23-11-13-27-14-12-23/h3-10,18H,2,11-14H2,1H3,(H,22,24)/t18-/m1/s1. The Morgan fingerprint density at radius 3 is 2.45 bits per heavy atom. The topological polar surface area (TPSA) is 84.9 Å². The molecule has 0 aromatic heterocycles. The summed E-state index contributed by atoms with van der Waals surface area (Å²) in [4.78, 5) is 12.6. The van der Waals surface area contributed by atoms with Crippen molar-refractivity contribution in [1.29, 1.82) is 0 Å². The number of rotatable bonds is 7. The Labute approximate surface area is 169 Å². The maximum atomic E-state index is 13.8. The summed E-state index contributed by atoms with van der Waals surface area (Å²) in [5.74, 6) is -0.989. The molecule has 0 saturated carbocycles. The van der Waals surface area contributed by atoms with Crippen LogP contribution < -0.4 is 10.1 Å². The van der Waals surface area contributed by atoms with Crippen molar-refractivity contribution < 1.29 is 27.1 Å². The first-order valence-electron chi connectivity index (χ1n) is 9.32. The molecule has 1 atom stereocenters. The number of sulfonamides is 1. The first kappa shape index (κ1) is 21.2. The molecule has 2 aromatic rings. The first-order chi connectivity index (χ1) is 13.9. The predicted octanol–water partition coefficient (Wildman–Crippen LogP) is 2.64. The molecule has 0 radical (unpaired) electrons. The fourth-order valence-corrected chi connectivity index (χ4v) is 4.29. The molecule has 1 saturated heterocycles. The van der Waals surface area contributed by atoms with Gasteiger partial charge in [-0.3, -0.25) is 4.79 Å². The third kappa shape index (κ3) is 5.11. The maximum absolute atomic E-state index is 13.8. The van der Waals surface area contributed by atoms with Gasteiger partial charge in [0.05, 0.1) is 18.1 Å². The number of amides is 1. The molecule has 9 heteroatoms. The van der Waals surface area contributed by atoms with Gasteiger partial charge in [-0.2, -0.15) is 4.31 Å². The van der Waals surface area contributed by atoms with E-state index in [1.807, 2.05) is 0 Å². The van der Waals surface area contributed by atoms with Gasteiger partial charge in [-0.25, -0.2) is 12.8 Å². The van der Waals surface area contributed by atoms with Crippen molar-refractivity contribution in [2.75, 3.05) is 31.6 Å². The predicted molar refractivity (Wildman–Crippen MR) is 106 cm³/mol. The highest BCUT2D eigenvalue weighted by Gasteiger charge is 2.26. The zero-order valence-corrected chi connectivity index (χ0v) is 16.8. The molecular weight excluding hydrogens is 399 g/mol. The first-order valence-corrected chi connectivity index (χ1v) is 10.8. The van der Waals surface area contributed by atoms with E-state index in [1.54, 1.807) is 13.0 Å². The second-order valence-corrected chi connectivity index (χ2v) is 8.41. The Morgan fingerprint density at radius 2 is 1.83 bits per heavy atom. The van der Waals surface area contributed by atoms with Crippen LogP contribution in [0.1, 0.15) is 13.3 Å². The van der Waals surface area contributed by atoms with Crippen molar-refractivity contribution in [1.82, 2.24) is 4.31 Å². The zero-order valence-electron chi connectivity index (χ0n) is 16.0. The van der Waals surface area contributed by atoms with Crippen molar-refractivity contribution in [3.05, 3.63) is 54.3 Å². The number of hydrogen-bond donors (Lipinski definition) is 1. The van der Waals surface area contributed by atoms with E-state index in [-0.39, 0.29) is 10.6 Å². The Morgan fingerprint density at radius 1 is 1.17 bits per heavy atom. The minimum Gasteiger partial charge on any atom is -0.478 e. The number of morpholine rings is 1. The minimum absolute atomic E-state index is 0.00134. The molecule has 2 aromatic carbocycles. The Kier molecular flexibility index (Phi) is 6.83. The van der Waals surface area contributed by atoms with Gasteiger partial charge in [-0.1, -0.05) is 19.1 Å². The highest BCUT2D eigenvalue weighted by atomic mass is 32.2. The summed E-state index contributed by atoms with van der Waals surface area (Å²) in [6.07, 6.45) is -0.549. The molecular formula is C20H23FN2O5S. The van der Waals surface area contributed by atoms with E-state index in [2.05, 4.69) is 5.32 Å². The van der Waals surface area contributed by atoms with Crippen molar-refractivity contribution >= 4 is 21.6 Å². The lowest BCUT2D eigenvalue weighted by Crippen LogP contribution is -2.40. The van der Waals surface area contributed by atoms with E-state index >= 15 is 0 Å². The molecule has 1 amide bonds. The van der Waals surface area contributed by atoms with Gasteiger partial charge in [0.1, 0.15) is 0 Å². The van der Waals surface area contributed by atoms with Crippen LogP contribution in [-0.2, 0) is 19.6 Å². The Bertz CT molecular complexity index is 944. The van der Waals surface area contributed by atoms with Gasteiger partial charge in [-0.05, 0) is 42.8 Å². The Balaban J connectivity index is 1.66. The van der Waals surface area contributed by atoms with E-state index in [0.717, 1.165) is 0 Å². The van der Waals surface area contributed by atoms with Crippen LogP contribution in [-0.4, -0.2) is 51.0 Å². The summed E-state index contributed by atoms with van der Waals surface area (Å²) >= 11 is 0. The summed E-state index contributed by atoms with van der Waals surface area (Å²) < 4.78 is 51.1. The fourth-order valence-electron chi connectivity index (χ4n) is 2.88. The zero-order chi connectivity index (χ0) is 20.9. The summed E-state index contributed by atoms with van der Waals surface area (Å²) in [6.45, 7) is 3.11. The van der Waals surface area contributed by atoms with Crippen molar-refractivity contribution in [3.63, 3.8) is 0 Å². The summed E-state index contributed by atoms with van der Waals surface area (Å²) in [5.41, 5.74) is 0.423. The molecule has 0 aliphatic carbocycles. The summed E-state index contributed by atoms with van der Waals surface area (Å²) in [7, 11) is -3.60. The number of ether oxygens (including phenoxy) is 2. The second-order valence-electron chi connectivity index (χ2n) is 6.48. The van der Waals surface area contributed by atoms with Crippen LogP contribution in [0, 0.1) is 5.82 Å². The lowest BCUT2D eigenvalue weighted by molar-refractivity contribution is -0.122. The maximum Gasteiger partial charge on any atom is 0.265 e. The van der Waals surface area contributed by atoms with Crippen LogP contribution in [0.5, 0.6) is 5.75 Å². The fraction of sp³-hybridized carbons (Fsp3) is 0.350. The second kappa shape index (κ2) is 9.34. The molecule has 1 fully saturated rings. The van der Waals surface area contributed by atoms with Crippen LogP contribution in [0.2, 0.25) is 0 Å². The van der Waals surface area contributed by atoms with Crippen LogP contribution in [0.3, 0.4) is 0 Å². The van der Waals surface area contributed by atoms with Gasteiger partial charge in [-0.15, -0.1) is 0 Å². The molecule has 7 nitrogen and oxygen atoms in total. The molecule has 1 N–H and O–H groups in total. The molecule has 156 valence electrons. The number of halogens is 1. The average molecular weight is 422 g/mol. The lowest BCUT2D eigenvalue weighted by Gasteiger charge is -2.26. The minimum atomic E-state index is -3.60. The quantitative estimate of drug-likeness (QED) is 0.742. The highest BCUT2D eigenvalue weighted by molar-refractivity contribution is 7.89. The van der Waals surface area contributed by atoms with Crippen molar-refractivity contribution in [2.24, 2.45) is 0 Å². The number of nitrogens with one attached hydrogen (secondary N) is 1. The SMILES string of the molecule is CC[C@@H](Oc1ccccc1F)C(=O)Nc1ccc(S(=O)(=O)N2CCOCC2)cc1. The normalized spacial score (nSPS) is 16.2. The monoisotopic (exact) mass is 422 g/mol. The van der Waals surface area contributed by atoms with Gasteiger partial charge in [0, 0.05) is 18.8 Å². The molecule has 3 rings (SSSR count). The van der Waals surface area contributed by atoms with E-state index in [0.29, 0.717) is 38.4 Å². The summed E-state index contributed by atoms with van der Waals surface area (Å²) in [6, 6.07) is 11.8. The summed E-state index contributed by atoms with van der Waals surface area (Å²) in [5, 5.41) is 2.68. The van der Waals surface area contributed by atoms with Gasteiger partial charge in [0.2, 0.25) is 10.0 Å². The third-order valence-electron chi connectivity index (χ3n) is 4.50. The highest BCUT2D eigenvalue weighted by Crippen LogP contribution is 2.21. The molecule has 0 spiro atoms. The number of benzene rings is 2. The largest absolute Gasteiger partial charge is 0.478 e. The van der Waals surface area contributed by atoms with Gasteiger partial charge < -0.3 is 14.8 Å². The number of hydrogen-bond acceptors (Lipinski definition) is 5. The number of carbonyl (C=O) groups is 1. The van der Waals surface area contributed by atoms with Crippen LogP contribution >= 0.6 is 0 Å². The molecule has 0 bridgehead atoms. The molecule has 1 aliphatic heterocycles. The molecule has 1 aliphatic rings. The van der Waals surface area contributed by atoms with Crippen LogP contribution in [0.15, 0.2) is 53.4 Å². The third-order valence-corrected chi connectivity index (χ3v) is 6.41. The number of anilines is 1. The number of nitrogens with zero attached hydrogens (tertiary/aromatic N) is 1. The lowest BCUT2D eigenvalue weighted by atomic mass is 10.2. The van der Waals surface area contributed by atoms with E-state index in [9.17, 15) is 17.6 Å². The van der Waals surface area contributed by atoms with Gasteiger partial charge in [0.15, 0.2) is 17.7 Å². The van der Waals surface area contributed by atoms with Crippen LogP contribution in [0.25, 0.3) is 0 Å². The molecule has 1 heterocycles. The van der Waals surface area contributed by atoms with Crippen LogP contribution in [0.4, 0.5) is 10.1 Å².